The monoisotopic (exact) mass is 477 g/mol. The van der Waals surface area contributed by atoms with Crippen molar-refractivity contribution in [1.29, 1.82) is 0 Å². The van der Waals surface area contributed by atoms with Gasteiger partial charge in [0, 0.05) is 24.6 Å². The molecule has 3 amide bonds. The number of fused-ring (bicyclic) bond motifs is 3. The van der Waals surface area contributed by atoms with Gasteiger partial charge >= 0.3 is 12.0 Å². The Morgan fingerprint density at radius 1 is 1.09 bits per heavy atom. The van der Waals surface area contributed by atoms with Crippen molar-refractivity contribution in [2.24, 2.45) is 4.99 Å². The molecule has 0 radical (unpaired) electrons. The maximum Gasteiger partial charge on any atom is 0.338 e. The van der Waals surface area contributed by atoms with Crippen LogP contribution in [-0.2, 0) is 16.1 Å². The van der Waals surface area contributed by atoms with E-state index in [9.17, 15) is 18.8 Å². The lowest BCUT2D eigenvalue weighted by atomic mass is 10.1. The standard InChI is InChI=1S/C25H24FN5O4/c1-4-35-23(33)17-7-11-19(12-8-17)31-15(2)13-29-20-21(27-24(29)31)28(3)25(34)30(22(20)32)14-16-5-9-18(26)10-6-16/h5-13,20-21H,4,14H2,1-3H3. The fourth-order valence-electron chi connectivity index (χ4n) is 4.55. The van der Waals surface area contributed by atoms with E-state index in [4.69, 9.17) is 9.73 Å². The fourth-order valence-corrected chi connectivity index (χ4v) is 4.55. The molecule has 0 aliphatic carbocycles. The lowest BCUT2D eigenvalue weighted by Crippen LogP contribution is -2.63. The van der Waals surface area contributed by atoms with E-state index in [1.807, 2.05) is 18.0 Å². The number of halogens is 1. The summed E-state index contributed by atoms with van der Waals surface area (Å²) in [6.45, 7) is 3.98. The molecule has 1 fully saturated rings. The van der Waals surface area contributed by atoms with Crippen LogP contribution in [0.25, 0.3) is 0 Å². The van der Waals surface area contributed by atoms with Crippen molar-refractivity contribution in [3.63, 3.8) is 0 Å². The summed E-state index contributed by atoms with van der Waals surface area (Å²) in [4.78, 5) is 49.6. The molecule has 2 atom stereocenters. The highest BCUT2D eigenvalue weighted by Gasteiger charge is 2.54. The van der Waals surface area contributed by atoms with Gasteiger partial charge in [-0.15, -0.1) is 0 Å². The van der Waals surface area contributed by atoms with Crippen LogP contribution in [0.15, 0.2) is 65.4 Å². The van der Waals surface area contributed by atoms with Crippen LogP contribution in [0.4, 0.5) is 14.9 Å². The SMILES string of the molecule is CCOC(=O)c1ccc(N2C(C)=CN3C2=NC2C3C(=O)N(Cc3ccc(F)cc3)C(=O)N2C)cc1. The predicted molar refractivity (Wildman–Crippen MR) is 126 cm³/mol. The molecule has 2 unspecified atom stereocenters. The van der Waals surface area contributed by atoms with Gasteiger partial charge in [0.2, 0.25) is 5.96 Å². The van der Waals surface area contributed by atoms with Gasteiger partial charge in [0.1, 0.15) is 5.82 Å². The van der Waals surface area contributed by atoms with E-state index in [1.165, 1.54) is 21.9 Å². The van der Waals surface area contributed by atoms with Gasteiger partial charge in [-0.25, -0.2) is 19.0 Å². The number of urea groups is 1. The van der Waals surface area contributed by atoms with Crippen molar-refractivity contribution < 1.29 is 23.5 Å². The van der Waals surface area contributed by atoms with Gasteiger partial charge in [0.25, 0.3) is 5.91 Å². The number of nitrogens with zero attached hydrogens (tertiary/aromatic N) is 5. The number of likely N-dealkylation sites (N-methyl/N-ethyl adjacent to an activating group) is 1. The van der Waals surface area contributed by atoms with Crippen molar-refractivity contribution in [3.8, 4) is 0 Å². The van der Waals surface area contributed by atoms with Gasteiger partial charge in [0.15, 0.2) is 12.2 Å². The minimum Gasteiger partial charge on any atom is -0.462 e. The van der Waals surface area contributed by atoms with E-state index in [0.29, 0.717) is 23.7 Å². The number of esters is 1. The minimum absolute atomic E-state index is 0.0381. The van der Waals surface area contributed by atoms with Gasteiger partial charge in [-0.3, -0.25) is 14.6 Å². The molecule has 0 aromatic heterocycles. The first-order valence-corrected chi connectivity index (χ1v) is 11.2. The Morgan fingerprint density at radius 2 is 1.77 bits per heavy atom. The summed E-state index contributed by atoms with van der Waals surface area (Å²) in [5.41, 5.74) is 2.68. The highest BCUT2D eigenvalue weighted by atomic mass is 19.1. The Hall–Kier alpha value is -4.21. The summed E-state index contributed by atoms with van der Waals surface area (Å²) >= 11 is 0. The summed E-state index contributed by atoms with van der Waals surface area (Å²) in [5.74, 6) is -0.627. The topological polar surface area (TPSA) is 85.8 Å². The Balaban J connectivity index is 1.41. The van der Waals surface area contributed by atoms with Gasteiger partial charge in [-0.2, -0.15) is 0 Å². The van der Waals surface area contributed by atoms with Crippen LogP contribution in [0.5, 0.6) is 0 Å². The third-order valence-electron chi connectivity index (χ3n) is 6.28. The molecule has 180 valence electrons. The fraction of sp³-hybridized carbons (Fsp3) is 0.280. The minimum atomic E-state index is -0.716. The second-order valence-electron chi connectivity index (χ2n) is 8.51. The highest BCUT2D eigenvalue weighted by molar-refractivity contribution is 6.10. The Morgan fingerprint density at radius 3 is 2.43 bits per heavy atom. The molecule has 0 N–H and O–H groups in total. The van der Waals surface area contributed by atoms with Crippen LogP contribution in [0.2, 0.25) is 0 Å². The molecule has 35 heavy (non-hydrogen) atoms. The number of imide groups is 1. The smallest absolute Gasteiger partial charge is 0.338 e. The second kappa shape index (κ2) is 8.53. The lowest BCUT2D eigenvalue weighted by Gasteiger charge is -2.40. The molecule has 3 aliphatic rings. The van der Waals surface area contributed by atoms with E-state index < -0.39 is 24.2 Å². The second-order valence-corrected chi connectivity index (χ2v) is 8.51. The van der Waals surface area contributed by atoms with Gasteiger partial charge in [-0.1, -0.05) is 12.1 Å². The van der Waals surface area contributed by atoms with E-state index in [2.05, 4.69) is 0 Å². The first-order valence-electron chi connectivity index (χ1n) is 11.2. The van der Waals surface area contributed by atoms with Crippen LogP contribution in [0.1, 0.15) is 29.8 Å². The average molecular weight is 477 g/mol. The molecular formula is C25H24FN5O4. The number of ether oxygens (including phenoxy) is 1. The van der Waals surface area contributed by atoms with Crippen molar-refractivity contribution in [2.75, 3.05) is 18.6 Å². The zero-order valence-electron chi connectivity index (χ0n) is 19.5. The average Bonchev–Trinajstić information content (AvgIpc) is 3.36. The number of carbonyl (C=O) groups excluding carboxylic acids is 3. The van der Waals surface area contributed by atoms with Crippen molar-refractivity contribution in [3.05, 3.63) is 77.4 Å². The summed E-state index contributed by atoms with van der Waals surface area (Å²) in [6, 6.07) is 11.5. The van der Waals surface area contributed by atoms with Crippen LogP contribution < -0.4 is 4.90 Å². The molecule has 0 saturated carbocycles. The number of amides is 3. The van der Waals surface area contributed by atoms with Crippen LogP contribution in [0.3, 0.4) is 0 Å². The van der Waals surface area contributed by atoms with Crippen molar-refractivity contribution in [1.82, 2.24) is 14.7 Å². The first kappa shape index (κ1) is 22.6. The summed E-state index contributed by atoms with van der Waals surface area (Å²) in [7, 11) is 1.62. The van der Waals surface area contributed by atoms with Crippen molar-refractivity contribution in [2.45, 2.75) is 32.6 Å². The zero-order valence-corrected chi connectivity index (χ0v) is 19.5. The number of benzene rings is 2. The summed E-state index contributed by atoms with van der Waals surface area (Å²) in [6.07, 6.45) is 1.15. The number of anilines is 1. The number of hydrogen-bond acceptors (Lipinski definition) is 7. The molecular weight excluding hydrogens is 453 g/mol. The van der Waals surface area contributed by atoms with E-state index in [1.54, 1.807) is 55.3 Å². The summed E-state index contributed by atoms with van der Waals surface area (Å²) < 4.78 is 18.3. The number of carbonyl (C=O) groups is 3. The Bertz CT molecular complexity index is 1260. The normalized spacial score (nSPS) is 21.1. The van der Waals surface area contributed by atoms with E-state index in [-0.39, 0.29) is 18.3 Å². The van der Waals surface area contributed by atoms with E-state index >= 15 is 0 Å². The number of aliphatic imine (C=N–C) groups is 1. The van der Waals surface area contributed by atoms with Gasteiger partial charge in [-0.05, 0) is 55.8 Å². The molecule has 9 nitrogen and oxygen atoms in total. The number of hydrogen-bond donors (Lipinski definition) is 0. The van der Waals surface area contributed by atoms with Crippen molar-refractivity contribution >= 4 is 29.6 Å². The number of allylic oxidation sites excluding steroid dienone is 1. The predicted octanol–water partition coefficient (Wildman–Crippen LogP) is 3.14. The largest absolute Gasteiger partial charge is 0.462 e. The quantitative estimate of drug-likeness (QED) is 0.615. The molecule has 2 aromatic rings. The Labute approximate surface area is 201 Å². The third kappa shape index (κ3) is 3.71. The maximum atomic E-state index is 13.5. The van der Waals surface area contributed by atoms with Crippen LogP contribution in [-0.4, -0.2) is 64.4 Å². The molecule has 10 heteroatoms. The maximum absolute atomic E-state index is 13.5. The van der Waals surface area contributed by atoms with Crippen LogP contribution >= 0.6 is 0 Å². The number of guanidine groups is 1. The Kier molecular flexibility index (Phi) is 5.50. The van der Waals surface area contributed by atoms with E-state index in [0.717, 1.165) is 11.4 Å². The van der Waals surface area contributed by atoms with Gasteiger partial charge < -0.3 is 14.5 Å². The number of rotatable bonds is 5. The molecule has 2 aromatic carbocycles. The highest BCUT2D eigenvalue weighted by Crippen LogP contribution is 2.37. The molecule has 3 aliphatic heterocycles. The van der Waals surface area contributed by atoms with Gasteiger partial charge in [0.05, 0.1) is 18.7 Å². The molecule has 5 rings (SSSR count). The molecule has 0 bridgehead atoms. The first-order chi connectivity index (χ1) is 16.8. The van der Waals surface area contributed by atoms with Crippen LogP contribution in [0, 0.1) is 5.82 Å². The molecule has 3 heterocycles. The molecule has 0 spiro atoms. The molecule has 1 saturated heterocycles. The third-order valence-corrected chi connectivity index (χ3v) is 6.28. The summed E-state index contributed by atoms with van der Waals surface area (Å²) in [5, 5.41) is 0. The zero-order chi connectivity index (χ0) is 24.9. The lowest BCUT2D eigenvalue weighted by molar-refractivity contribution is -0.137.